The topological polar surface area (TPSA) is 81.1 Å². The molecule has 1 rings (SSSR count). The first-order chi connectivity index (χ1) is 7.67. The van der Waals surface area contributed by atoms with Crippen LogP contribution >= 0.6 is 0 Å². The normalized spacial score (nSPS) is 12.4. The Kier molecular flexibility index (Phi) is 4.98. The molecule has 1 atom stereocenters. The minimum atomic E-state index is -0.243. The van der Waals surface area contributed by atoms with Crippen LogP contribution in [0.1, 0.15) is 42.4 Å². The van der Waals surface area contributed by atoms with E-state index in [1.807, 2.05) is 0 Å². The fourth-order valence-corrected chi connectivity index (χ4v) is 1.43. The van der Waals surface area contributed by atoms with Gasteiger partial charge in [0.15, 0.2) is 0 Å². The zero-order valence-electron chi connectivity index (χ0n) is 9.82. The Morgan fingerprint density at radius 2 is 2.44 bits per heavy atom. The summed E-state index contributed by atoms with van der Waals surface area (Å²) in [5, 5.41) is 6.50. The number of nitrogens with zero attached hydrogens (tertiary/aromatic N) is 1. The van der Waals surface area contributed by atoms with Crippen LogP contribution in [0.15, 0.2) is 10.6 Å². The third-order valence-corrected chi connectivity index (χ3v) is 2.38. The van der Waals surface area contributed by atoms with Crippen LogP contribution in [0, 0.1) is 6.92 Å². The fraction of sp³-hybridized carbons (Fsp3) is 0.636. The van der Waals surface area contributed by atoms with Crippen LogP contribution in [0.3, 0.4) is 0 Å². The number of carbonyl (C=O) groups is 1. The van der Waals surface area contributed by atoms with Crippen LogP contribution in [0.2, 0.25) is 0 Å². The van der Waals surface area contributed by atoms with Crippen molar-refractivity contribution in [3.05, 3.63) is 17.5 Å². The van der Waals surface area contributed by atoms with Crippen molar-refractivity contribution < 1.29 is 9.32 Å². The molecule has 1 unspecified atom stereocenters. The molecule has 0 spiro atoms. The van der Waals surface area contributed by atoms with Gasteiger partial charge >= 0.3 is 0 Å². The molecule has 1 heterocycles. The van der Waals surface area contributed by atoms with E-state index in [2.05, 4.69) is 17.4 Å². The van der Waals surface area contributed by atoms with Crippen molar-refractivity contribution in [2.45, 2.75) is 39.2 Å². The Balaban J connectivity index is 2.48. The first-order valence-electron chi connectivity index (χ1n) is 5.61. The molecule has 0 aliphatic carbocycles. The molecule has 5 nitrogen and oxygen atoms in total. The summed E-state index contributed by atoms with van der Waals surface area (Å²) in [4.78, 5) is 11.7. The molecule has 0 saturated heterocycles. The van der Waals surface area contributed by atoms with Crippen molar-refractivity contribution in [2.75, 3.05) is 6.54 Å². The summed E-state index contributed by atoms with van der Waals surface area (Å²) in [7, 11) is 0. The zero-order chi connectivity index (χ0) is 12.0. The van der Waals surface area contributed by atoms with Gasteiger partial charge in [-0.25, -0.2) is 0 Å². The maximum atomic E-state index is 11.7. The molecule has 0 aliphatic rings. The van der Waals surface area contributed by atoms with Gasteiger partial charge < -0.3 is 15.6 Å². The van der Waals surface area contributed by atoms with Gasteiger partial charge in [-0.2, -0.15) is 0 Å². The van der Waals surface area contributed by atoms with Crippen molar-refractivity contribution in [3.8, 4) is 0 Å². The summed E-state index contributed by atoms with van der Waals surface area (Å²) in [6.07, 6.45) is 3.04. The van der Waals surface area contributed by atoms with Crippen molar-refractivity contribution in [1.29, 1.82) is 0 Å². The number of hydrogen-bond acceptors (Lipinski definition) is 4. The van der Waals surface area contributed by atoms with E-state index in [9.17, 15) is 4.79 Å². The average Bonchev–Trinajstić information content (AvgIpc) is 2.70. The average molecular weight is 225 g/mol. The van der Waals surface area contributed by atoms with Gasteiger partial charge in [-0.05, 0) is 13.3 Å². The predicted octanol–water partition coefficient (Wildman–Crippen LogP) is 1.23. The van der Waals surface area contributed by atoms with Crippen molar-refractivity contribution in [2.24, 2.45) is 5.73 Å². The Hall–Kier alpha value is -1.36. The van der Waals surface area contributed by atoms with E-state index in [0.717, 1.165) is 19.3 Å². The zero-order valence-corrected chi connectivity index (χ0v) is 9.82. The van der Waals surface area contributed by atoms with Gasteiger partial charge in [0.05, 0.1) is 5.69 Å². The number of hydrogen-bond donors (Lipinski definition) is 2. The van der Waals surface area contributed by atoms with Gasteiger partial charge in [-0.15, -0.1) is 0 Å². The Morgan fingerprint density at radius 1 is 1.69 bits per heavy atom. The summed E-state index contributed by atoms with van der Waals surface area (Å²) in [6, 6.07) is 1.63. The maximum absolute atomic E-state index is 11.7. The molecule has 1 aromatic rings. The number of unbranched alkanes of at least 4 members (excludes halogenated alkanes) is 1. The second-order valence-electron chi connectivity index (χ2n) is 3.88. The second-order valence-corrected chi connectivity index (χ2v) is 3.88. The van der Waals surface area contributed by atoms with Crippen molar-refractivity contribution >= 4 is 5.91 Å². The molecule has 1 amide bonds. The molecular formula is C11H19N3O2. The lowest BCUT2D eigenvalue weighted by Crippen LogP contribution is -2.40. The van der Waals surface area contributed by atoms with E-state index in [-0.39, 0.29) is 17.7 Å². The molecule has 0 bridgehead atoms. The highest BCUT2D eigenvalue weighted by molar-refractivity contribution is 5.91. The number of aromatic nitrogens is 1. The lowest BCUT2D eigenvalue weighted by molar-refractivity contribution is 0.0898. The SMILES string of the molecule is CCCCC(CN)NC(=O)c1cc(C)no1. The van der Waals surface area contributed by atoms with Crippen molar-refractivity contribution in [3.63, 3.8) is 0 Å². The molecule has 1 aromatic heterocycles. The Labute approximate surface area is 95.4 Å². The number of amides is 1. The molecule has 0 saturated carbocycles. The first-order valence-corrected chi connectivity index (χ1v) is 5.61. The largest absolute Gasteiger partial charge is 0.351 e. The Bertz CT molecular complexity index is 336. The highest BCUT2D eigenvalue weighted by Crippen LogP contribution is 2.04. The van der Waals surface area contributed by atoms with Crippen LogP contribution in [0.4, 0.5) is 0 Å². The number of nitrogens with one attached hydrogen (secondary N) is 1. The summed E-state index contributed by atoms with van der Waals surface area (Å²) >= 11 is 0. The van der Waals surface area contributed by atoms with Gasteiger partial charge in [0.25, 0.3) is 5.91 Å². The summed E-state index contributed by atoms with van der Waals surface area (Å²) < 4.78 is 4.87. The highest BCUT2D eigenvalue weighted by Gasteiger charge is 2.15. The van der Waals surface area contributed by atoms with Crippen molar-refractivity contribution in [1.82, 2.24) is 10.5 Å². The van der Waals surface area contributed by atoms with Crippen LogP contribution in [0.25, 0.3) is 0 Å². The minimum Gasteiger partial charge on any atom is -0.351 e. The van der Waals surface area contributed by atoms with Crippen LogP contribution in [0.5, 0.6) is 0 Å². The molecule has 0 aromatic carbocycles. The number of carbonyl (C=O) groups excluding carboxylic acids is 1. The van der Waals surface area contributed by atoms with Crippen LogP contribution < -0.4 is 11.1 Å². The quantitative estimate of drug-likeness (QED) is 0.763. The molecule has 3 N–H and O–H groups in total. The summed E-state index contributed by atoms with van der Waals surface area (Å²) in [5.41, 5.74) is 6.28. The van der Waals surface area contributed by atoms with Crippen LogP contribution in [-0.2, 0) is 0 Å². The first kappa shape index (κ1) is 12.7. The maximum Gasteiger partial charge on any atom is 0.290 e. The third-order valence-electron chi connectivity index (χ3n) is 2.38. The van der Waals surface area contributed by atoms with E-state index in [0.29, 0.717) is 12.2 Å². The standard InChI is InChI=1S/C11H19N3O2/c1-3-4-5-9(7-12)13-11(15)10-6-8(2)14-16-10/h6,9H,3-5,7,12H2,1-2H3,(H,13,15). The van der Waals surface area contributed by atoms with Crippen LogP contribution in [-0.4, -0.2) is 23.7 Å². The van der Waals surface area contributed by atoms with E-state index in [1.54, 1.807) is 13.0 Å². The summed E-state index contributed by atoms with van der Waals surface area (Å²) in [5.74, 6) is -0.000369. The smallest absolute Gasteiger partial charge is 0.290 e. The van der Waals surface area contributed by atoms with E-state index in [4.69, 9.17) is 10.3 Å². The molecule has 90 valence electrons. The van der Waals surface area contributed by atoms with Gasteiger partial charge in [0.1, 0.15) is 0 Å². The molecule has 16 heavy (non-hydrogen) atoms. The molecule has 0 radical (unpaired) electrons. The lowest BCUT2D eigenvalue weighted by Gasteiger charge is -2.14. The van der Waals surface area contributed by atoms with Gasteiger partial charge in [0.2, 0.25) is 5.76 Å². The summed E-state index contributed by atoms with van der Waals surface area (Å²) in [6.45, 7) is 4.33. The van der Waals surface area contributed by atoms with E-state index in [1.165, 1.54) is 0 Å². The second kappa shape index (κ2) is 6.27. The van der Waals surface area contributed by atoms with E-state index < -0.39 is 0 Å². The monoisotopic (exact) mass is 225 g/mol. The minimum absolute atomic E-state index is 0.0119. The number of rotatable bonds is 6. The fourth-order valence-electron chi connectivity index (χ4n) is 1.43. The molecule has 0 aliphatic heterocycles. The predicted molar refractivity (Wildman–Crippen MR) is 61.1 cm³/mol. The lowest BCUT2D eigenvalue weighted by atomic mass is 10.1. The third kappa shape index (κ3) is 3.66. The highest BCUT2D eigenvalue weighted by atomic mass is 16.5. The molecule has 5 heteroatoms. The van der Waals surface area contributed by atoms with Gasteiger partial charge in [-0.1, -0.05) is 24.9 Å². The van der Waals surface area contributed by atoms with Gasteiger partial charge in [-0.3, -0.25) is 4.79 Å². The number of nitrogens with two attached hydrogens (primary N) is 1. The molecule has 0 fully saturated rings. The number of aryl methyl sites for hydroxylation is 1. The Morgan fingerprint density at radius 3 is 2.94 bits per heavy atom. The van der Waals surface area contributed by atoms with E-state index >= 15 is 0 Å². The van der Waals surface area contributed by atoms with Gasteiger partial charge in [0, 0.05) is 18.7 Å². The molecular weight excluding hydrogens is 206 g/mol.